The molecule has 10 heteroatoms. The van der Waals surface area contributed by atoms with E-state index >= 15 is 0 Å². The second-order valence-electron chi connectivity index (χ2n) is 7.41. The van der Waals surface area contributed by atoms with Crippen molar-refractivity contribution < 1.29 is 26.3 Å². The van der Waals surface area contributed by atoms with Crippen LogP contribution in [0.3, 0.4) is 0 Å². The minimum absolute atomic E-state index is 0. The van der Waals surface area contributed by atoms with Crippen LogP contribution in [0.4, 0.5) is 26.3 Å². The van der Waals surface area contributed by atoms with E-state index in [0.29, 0.717) is 11.4 Å². The lowest BCUT2D eigenvalue weighted by atomic mass is 10.1. The van der Waals surface area contributed by atoms with E-state index in [0.717, 1.165) is 24.3 Å². The summed E-state index contributed by atoms with van der Waals surface area (Å²) in [6.07, 6.45) is -4.78. The molecule has 0 aromatic carbocycles. The van der Waals surface area contributed by atoms with Gasteiger partial charge in [0.25, 0.3) is 0 Å². The Morgan fingerprint density at radius 3 is 1.66 bits per heavy atom. The Morgan fingerprint density at radius 2 is 1.26 bits per heavy atom. The second-order valence-corrected chi connectivity index (χ2v) is 7.41. The molecule has 0 saturated heterocycles. The third-order valence-electron chi connectivity index (χ3n) is 4.84. The maximum Gasteiger partial charge on any atom is 0.433 e. The molecule has 3 rings (SSSR count). The summed E-state index contributed by atoms with van der Waals surface area (Å²) in [4.78, 5) is 14.6. The number of aryl methyl sites for hydroxylation is 5. The number of hydrogen-bond donors (Lipinski definition) is 0. The third kappa shape index (κ3) is 10.4. The smallest absolute Gasteiger partial charge is 0.261 e. The molecular weight excluding hydrogens is 470 g/mol. The van der Waals surface area contributed by atoms with Gasteiger partial charge in [-0.3, -0.25) is 9.97 Å². The monoisotopic (exact) mass is 504 g/mol. The molecular formula is C25H34F6N4. The van der Waals surface area contributed by atoms with Crippen molar-refractivity contribution in [3.8, 4) is 0 Å². The maximum absolute atomic E-state index is 12.4. The Balaban J connectivity index is 0. The molecule has 196 valence electrons. The molecule has 0 fully saturated rings. The van der Waals surface area contributed by atoms with Gasteiger partial charge >= 0.3 is 12.4 Å². The van der Waals surface area contributed by atoms with Crippen molar-refractivity contribution in [2.75, 3.05) is 0 Å². The predicted octanol–water partition coefficient (Wildman–Crippen LogP) is 8.11. The van der Waals surface area contributed by atoms with Gasteiger partial charge in [0.1, 0.15) is 6.33 Å². The average Bonchev–Trinajstić information content (AvgIpc) is 2.68. The Bertz CT molecular complexity index is 1060. The molecule has 0 radical (unpaired) electrons. The van der Waals surface area contributed by atoms with Crippen LogP contribution in [0, 0.1) is 48.5 Å². The van der Waals surface area contributed by atoms with Gasteiger partial charge in [0.05, 0.1) is 5.56 Å². The largest absolute Gasteiger partial charge is 0.433 e. The van der Waals surface area contributed by atoms with Crippen LogP contribution in [0.2, 0.25) is 0 Å². The van der Waals surface area contributed by atoms with E-state index in [9.17, 15) is 26.3 Å². The molecule has 0 aliphatic carbocycles. The van der Waals surface area contributed by atoms with Gasteiger partial charge in [-0.15, -0.1) is 0 Å². The standard InChI is InChI=1S/C9H10F3N.C8H11N.C6H5F3N2.2CH4/c1-5-4-8(9(10,11)12)6(2)7(3)13-5;1-6-4-5-9-8(3)7(6)2;1-4-2-10-3-11-5(4)6(7,8)9;;/h4H,1-3H3;4-5H,1-3H3;2-3H,1H3;2*1H4. The van der Waals surface area contributed by atoms with Crippen LogP contribution in [-0.2, 0) is 12.4 Å². The Morgan fingerprint density at radius 1 is 0.686 bits per heavy atom. The summed E-state index contributed by atoms with van der Waals surface area (Å²) in [5, 5.41) is 0. The highest BCUT2D eigenvalue weighted by atomic mass is 19.4. The van der Waals surface area contributed by atoms with Gasteiger partial charge in [-0.05, 0) is 82.9 Å². The Hall–Kier alpha value is -3.04. The maximum atomic E-state index is 12.4. The van der Waals surface area contributed by atoms with Crippen molar-refractivity contribution in [1.82, 2.24) is 19.9 Å². The summed E-state index contributed by atoms with van der Waals surface area (Å²) in [6.45, 7) is 12.1. The molecule has 3 aromatic rings. The van der Waals surface area contributed by atoms with Gasteiger partial charge < -0.3 is 0 Å². The van der Waals surface area contributed by atoms with E-state index in [-0.39, 0.29) is 26.0 Å². The van der Waals surface area contributed by atoms with Crippen LogP contribution in [0.5, 0.6) is 0 Å². The molecule has 4 nitrogen and oxygen atoms in total. The first-order chi connectivity index (χ1) is 15.1. The zero-order chi connectivity index (χ0) is 25.6. The van der Waals surface area contributed by atoms with Crippen molar-refractivity contribution >= 4 is 0 Å². The molecule has 0 unspecified atom stereocenters. The molecule has 0 atom stereocenters. The minimum atomic E-state index is -4.37. The van der Waals surface area contributed by atoms with E-state index in [4.69, 9.17) is 0 Å². The number of aromatic nitrogens is 4. The van der Waals surface area contributed by atoms with Crippen molar-refractivity contribution in [3.05, 3.63) is 81.4 Å². The van der Waals surface area contributed by atoms with Gasteiger partial charge in [-0.2, -0.15) is 26.3 Å². The molecule has 0 amide bonds. The minimum Gasteiger partial charge on any atom is -0.261 e. The lowest BCUT2D eigenvalue weighted by molar-refractivity contribution is -0.141. The van der Waals surface area contributed by atoms with E-state index in [1.165, 1.54) is 25.0 Å². The lowest BCUT2D eigenvalue weighted by Crippen LogP contribution is -2.10. The molecule has 0 aliphatic rings. The molecule has 0 saturated carbocycles. The summed E-state index contributed by atoms with van der Waals surface area (Å²) in [7, 11) is 0. The summed E-state index contributed by atoms with van der Waals surface area (Å²) in [5.74, 6) is 0. The Labute approximate surface area is 203 Å². The third-order valence-corrected chi connectivity index (χ3v) is 4.84. The quantitative estimate of drug-likeness (QED) is 0.290. The first-order valence-corrected chi connectivity index (χ1v) is 9.80. The first kappa shape index (κ1) is 34.1. The zero-order valence-corrected chi connectivity index (χ0v) is 19.4. The number of hydrogen-bond acceptors (Lipinski definition) is 4. The summed E-state index contributed by atoms with van der Waals surface area (Å²) < 4.78 is 73.0. The first-order valence-electron chi connectivity index (χ1n) is 9.80. The van der Waals surface area contributed by atoms with Crippen LogP contribution in [0.1, 0.15) is 65.4 Å². The van der Waals surface area contributed by atoms with Crippen molar-refractivity contribution in [2.45, 2.75) is 75.7 Å². The van der Waals surface area contributed by atoms with Crippen molar-refractivity contribution in [2.24, 2.45) is 0 Å². The fourth-order valence-corrected chi connectivity index (χ4v) is 2.65. The summed E-state index contributed by atoms with van der Waals surface area (Å²) >= 11 is 0. The number of alkyl halides is 6. The molecule has 3 aromatic heterocycles. The molecule has 0 spiro atoms. The highest BCUT2D eigenvalue weighted by molar-refractivity contribution is 5.32. The highest BCUT2D eigenvalue weighted by Crippen LogP contribution is 2.32. The number of rotatable bonds is 0. The average molecular weight is 505 g/mol. The number of nitrogens with zero attached hydrogens (tertiary/aromatic N) is 4. The van der Waals surface area contributed by atoms with E-state index < -0.39 is 23.6 Å². The summed E-state index contributed by atoms with van der Waals surface area (Å²) in [5.41, 5.74) is 3.39. The highest BCUT2D eigenvalue weighted by Gasteiger charge is 2.34. The SMILES string of the molecule is C.C.Cc1cc(C(F)(F)F)c(C)c(C)n1.Cc1ccnc(C)c1C.Cc1cncnc1C(F)(F)F. The van der Waals surface area contributed by atoms with Crippen LogP contribution < -0.4 is 0 Å². The van der Waals surface area contributed by atoms with E-state index in [2.05, 4.69) is 33.8 Å². The zero-order valence-electron chi connectivity index (χ0n) is 19.4. The van der Waals surface area contributed by atoms with Crippen molar-refractivity contribution in [1.29, 1.82) is 0 Å². The molecule has 0 aliphatic heterocycles. The van der Waals surface area contributed by atoms with Crippen LogP contribution in [0.15, 0.2) is 30.9 Å². The van der Waals surface area contributed by atoms with Gasteiger partial charge in [0, 0.05) is 29.5 Å². The van der Waals surface area contributed by atoms with Gasteiger partial charge in [0.2, 0.25) is 0 Å². The molecule has 0 N–H and O–H groups in total. The van der Waals surface area contributed by atoms with E-state index in [1.807, 2.05) is 19.2 Å². The molecule has 0 bridgehead atoms. The molecule has 35 heavy (non-hydrogen) atoms. The summed E-state index contributed by atoms with van der Waals surface area (Å²) in [6, 6.07) is 3.10. The van der Waals surface area contributed by atoms with Crippen LogP contribution in [-0.4, -0.2) is 19.9 Å². The van der Waals surface area contributed by atoms with Crippen LogP contribution >= 0.6 is 0 Å². The van der Waals surface area contributed by atoms with E-state index in [1.54, 1.807) is 13.8 Å². The predicted molar refractivity (Wildman–Crippen MR) is 127 cm³/mol. The topological polar surface area (TPSA) is 51.6 Å². The Kier molecular flexibility index (Phi) is 13.4. The van der Waals surface area contributed by atoms with Gasteiger partial charge in [-0.25, -0.2) is 9.97 Å². The molecule has 3 heterocycles. The fraction of sp³-hybridized carbons (Fsp3) is 0.440. The van der Waals surface area contributed by atoms with Crippen molar-refractivity contribution in [3.63, 3.8) is 0 Å². The van der Waals surface area contributed by atoms with Gasteiger partial charge in [0.15, 0.2) is 5.69 Å². The second kappa shape index (κ2) is 13.7. The normalized spacial score (nSPS) is 10.5. The number of halogens is 6. The van der Waals surface area contributed by atoms with Crippen LogP contribution in [0.25, 0.3) is 0 Å². The van der Waals surface area contributed by atoms with Gasteiger partial charge in [-0.1, -0.05) is 14.9 Å². The fourth-order valence-electron chi connectivity index (χ4n) is 2.65. The lowest BCUT2D eigenvalue weighted by Gasteiger charge is -2.12. The number of pyridine rings is 2.